The van der Waals surface area contributed by atoms with Gasteiger partial charge in [-0.2, -0.15) is 5.10 Å². The summed E-state index contributed by atoms with van der Waals surface area (Å²) in [7, 11) is 1.50. The molecule has 1 aliphatic heterocycles. The molecule has 26 heavy (non-hydrogen) atoms. The van der Waals surface area contributed by atoms with E-state index in [1.165, 1.54) is 17.8 Å². The molecule has 1 aromatic heterocycles. The fourth-order valence-electron chi connectivity index (χ4n) is 2.97. The molecule has 0 spiro atoms. The van der Waals surface area contributed by atoms with Gasteiger partial charge in [0, 0.05) is 50.4 Å². The van der Waals surface area contributed by atoms with Crippen molar-refractivity contribution >= 4 is 23.2 Å². The summed E-state index contributed by atoms with van der Waals surface area (Å²) in [5, 5.41) is 15.2. The van der Waals surface area contributed by atoms with Crippen LogP contribution in [0.3, 0.4) is 0 Å². The van der Waals surface area contributed by atoms with Crippen LogP contribution in [0.2, 0.25) is 5.02 Å². The first-order valence-corrected chi connectivity index (χ1v) is 8.37. The van der Waals surface area contributed by atoms with E-state index in [9.17, 15) is 19.3 Å². The van der Waals surface area contributed by atoms with Crippen LogP contribution >= 0.6 is 11.6 Å². The van der Waals surface area contributed by atoms with E-state index in [1.807, 2.05) is 4.90 Å². The van der Waals surface area contributed by atoms with Crippen LogP contribution in [0.25, 0.3) is 0 Å². The molecular weight excluding hydrogens is 365 g/mol. The van der Waals surface area contributed by atoms with Crippen molar-refractivity contribution in [1.29, 1.82) is 0 Å². The van der Waals surface area contributed by atoms with E-state index in [0.717, 1.165) is 6.20 Å². The highest BCUT2D eigenvalue weighted by atomic mass is 35.5. The highest BCUT2D eigenvalue weighted by Gasteiger charge is 2.31. The molecule has 3 rings (SSSR count). The van der Waals surface area contributed by atoms with Crippen molar-refractivity contribution in [2.75, 3.05) is 26.2 Å². The lowest BCUT2D eigenvalue weighted by Gasteiger charge is -2.34. The van der Waals surface area contributed by atoms with Crippen molar-refractivity contribution in [3.05, 3.63) is 56.6 Å². The van der Waals surface area contributed by atoms with Gasteiger partial charge in [-0.15, -0.1) is 0 Å². The minimum absolute atomic E-state index is 0.0411. The fourth-order valence-corrected chi connectivity index (χ4v) is 3.20. The molecule has 0 saturated carbocycles. The van der Waals surface area contributed by atoms with Crippen LogP contribution in [-0.4, -0.2) is 56.6 Å². The highest BCUT2D eigenvalue weighted by Crippen LogP contribution is 2.23. The second-order valence-corrected chi connectivity index (χ2v) is 6.43. The largest absolute Gasteiger partial charge is 0.335 e. The van der Waals surface area contributed by atoms with Crippen molar-refractivity contribution < 1.29 is 14.1 Å². The Balaban J connectivity index is 1.66. The summed E-state index contributed by atoms with van der Waals surface area (Å²) >= 11 is 6.06. The Morgan fingerprint density at radius 3 is 2.65 bits per heavy atom. The number of hydrogen-bond donors (Lipinski definition) is 0. The smallest absolute Gasteiger partial charge is 0.320 e. The standard InChI is InChI=1S/C16H17ClFN5O3/c1-20-15(14(9-19-20)23(25)26)16(24)22-7-5-21(6-8-22)10-11-12(17)3-2-4-13(11)18/h2-4,9H,5-8,10H2,1H3. The van der Waals surface area contributed by atoms with Crippen LogP contribution in [0.4, 0.5) is 10.1 Å². The van der Waals surface area contributed by atoms with Gasteiger partial charge in [-0.3, -0.25) is 24.5 Å². The number of rotatable bonds is 4. The van der Waals surface area contributed by atoms with Crippen molar-refractivity contribution in [1.82, 2.24) is 19.6 Å². The molecule has 0 radical (unpaired) electrons. The van der Waals surface area contributed by atoms with Crippen molar-refractivity contribution in [3.8, 4) is 0 Å². The summed E-state index contributed by atoms with van der Waals surface area (Å²) in [6.07, 6.45) is 1.07. The van der Waals surface area contributed by atoms with E-state index < -0.39 is 10.8 Å². The summed E-state index contributed by atoms with van der Waals surface area (Å²) < 4.78 is 15.1. The number of carbonyl (C=O) groups is 1. The molecule has 0 N–H and O–H groups in total. The third kappa shape index (κ3) is 3.54. The van der Waals surface area contributed by atoms with E-state index in [-0.39, 0.29) is 17.2 Å². The number of aromatic nitrogens is 2. The van der Waals surface area contributed by atoms with E-state index in [4.69, 9.17) is 11.6 Å². The molecule has 0 atom stereocenters. The quantitative estimate of drug-likeness (QED) is 0.598. The van der Waals surface area contributed by atoms with Crippen LogP contribution in [0, 0.1) is 15.9 Å². The minimum Gasteiger partial charge on any atom is -0.335 e. The zero-order chi connectivity index (χ0) is 18.8. The Hall–Kier alpha value is -2.52. The van der Waals surface area contributed by atoms with Crippen molar-refractivity contribution in [2.45, 2.75) is 6.54 Å². The second-order valence-electron chi connectivity index (χ2n) is 6.03. The van der Waals surface area contributed by atoms with Crippen LogP contribution in [-0.2, 0) is 13.6 Å². The zero-order valence-corrected chi connectivity index (χ0v) is 14.8. The topological polar surface area (TPSA) is 84.5 Å². The molecule has 1 amide bonds. The minimum atomic E-state index is -0.614. The summed E-state index contributed by atoms with van der Waals surface area (Å²) in [6, 6.07) is 4.56. The highest BCUT2D eigenvalue weighted by molar-refractivity contribution is 6.31. The van der Waals surface area contributed by atoms with Gasteiger partial charge in [0.25, 0.3) is 5.91 Å². The van der Waals surface area contributed by atoms with Gasteiger partial charge >= 0.3 is 5.69 Å². The van der Waals surface area contributed by atoms with Gasteiger partial charge in [0.1, 0.15) is 12.0 Å². The Morgan fingerprint density at radius 2 is 2.04 bits per heavy atom. The van der Waals surface area contributed by atoms with E-state index in [1.54, 1.807) is 17.0 Å². The number of nitro groups is 1. The van der Waals surface area contributed by atoms with Gasteiger partial charge in [0.15, 0.2) is 0 Å². The maximum absolute atomic E-state index is 13.9. The average molecular weight is 382 g/mol. The number of nitrogens with zero attached hydrogens (tertiary/aromatic N) is 5. The molecule has 10 heteroatoms. The van der Waals surface area contributed by atoms with Crippen LogP contribution in [0.1, 0.15) is 16.1 Å². The van der Waals surface area contributed by atoms with Crippen molar-refractivity contribution in [3.63, 3.8) is 0 Å². The lowest BCUT2D eigenvalue weighted by atomic mass is 10.1. The molecule has 2 heterocycles. The van der Waals surface area contributed by atoms with E-state index in [0.29, 0.717) is 43.3 Å². The predicted octanol–water partition coefficient (Wildman–Crippen LogP) is 2.08. The number of piperazine rings is 1. The first-order valence-electron chi connectivity index (χ1n) is 7.99. The Bertz CT molecular complexity index is 828. The van der Waals surface area contributed by atoms with E-state index >= 15 is 0 Å². The molecule has 1 aromatic carbocycles. The molecule has 1 aliphatic rings. The summed E-state index contributed by atoms with van der Waals surface area (Å²) in [5.41, 5.74) is 0.0786. The number of aryl methyl sites for hydroxylation is 1. The summed E-state index contributed by atoms with van der Waals surface area (Å²) in [5.74, 6) is -0.790. The number of benzene rings is 1. The molecule has 0 aliphatic carbocycles. The van der Waals surface area contributed by atoms with Crippen LogP contribution < -0.4 is 0 Å². The number of amides is 1. The Labute approximate surface area is 153 Å². The Morgan fingerprint density at radius 1 is 1.35 bits per heavy atom. The number of carbonyl (C=O) groups excluding carboxylic acids is 1. The molecule has 138 valence electrons. The number of halogens is 2. The maximum atomic E-state index is 13.9. The second kappa shape index (κ2) is 7.38. The lowest BCUT2D eigenvalue weighted by Crippen LogP contribution is -2.48. The molecular formula is C16H17ClFN5O3. The zero-order valence-electron chi connectivity index (χ0n) is 14.1. The first-order chi connectivity index (χ1) is 12.4. The first kappa shape index (κ1) is 18.3. The molecule has 0 bridgehead atoms. The van der Waals surface area contributed by atoms with Gasteiger partial charge in [-0.25, -0.2) is 4.39 Å². The monoisotopic (exact) mass is 381 g/mol. The molecule has 0 unspecified atom stereocenters. The molecule has 1 fully saturated rings. The van der Waals surface area contributed by atoms with E-state index in [2.05, 4.69) is 5.10 Å². The van der Waals surface area contributed by atoms with Gasteiger partial charge < -0.3 is 4.90 Å². The predicted molar refractivity (Wildman–Crippen MR) is 92.5 cm³/mol. The maximum Gasteiger partial charge on any atom is 0.320 e. The number of hydrogen-bond acceptors (Lipinski definition) is 5. The molecule has 8 nitrogen and oxygen atoms in total. The summed E-state index contributed by atoms with van der Waals surface area (Å²) in [6.45, 7) is 2.14. The normalized spacial score (nSPS) is 15.3. The third-order valence-corrected chi connectivity index (χ3v) is 4.78. The molecule has 2 aromatic rings. The summed E-state index contributed by atoms with van der Waals surface area (Å²) in [4.78, 5) is 26.6. The van der Waals surface area contributed by atoms with Gasteiger partial charge in [-0.1, -0.05) is 17.7 Å². The van der Waals surface area contributed by atoms with Gasteiger partial charge in [0.2, 0.25) is 5.69 Å². The average Bonchev–Trinajstić information content (AvgIpc) is 3.00. The lowest BCUT2D eigenvalue weighted by molar-refractivity contribution is -0.385. The SMILES string of the molecule is Cn1ncc([N+](=O)[O-])c1C(=O)N1CCN(Cc2c(F)cccc2Cl)CC1. The van der Waals surface area contributed by atoms with Crippen molar-refractivity contribution in [2.24, 2.45) is 7.05 Å². The van der Waals surface area contributed by atoms with Crippen LogP contribution in [0.15, 0.2) is 24.4 Å². The van der Waals surface area contributed by atoms with Gasteiger partial charge in [-0.05, 0) is 12.1 Å². The molecule has 1 saturated heterocycles. The fraction of sp³-hybridized carbons (Fsp3) is 0.375. The third-order valence-electron chi connectivity index (χ3n) is 4.42. The Kier molecular flexibility index (Phi) is 5.19. The van der Waals surface area contributed by atoms with Gasteiger partial charge in [0.05, 0.1) is 4.92 Å². The van der Waals surface area contributed by atoms with Crippen LogP contribution in [0.5, 0.6) is 0 Å².